The number of hydrogen-bond acceptors (Lipinski definition) is 5. The molecule has 0 aliphatic heterocycles. The molecule has 1 saturated carbocycles. The van der Waals surface area contributed by atoms with E-state index < -0.39 is 0 Å². The number of hydrogen-bond donors (Lipinski definition) is 1. The van der Waals surface area contributed by atoms with Gasteiger partial charge in [0.25, 0.3) is 6.01 Å². The lowest BCUT2D eigenvalue weighted by atomic mass is 10.2. The fraction of sp³-hybridized carbons (Fsp3) is 0.800. The minimum atomic E-state index is 0.472. The molecule has 1 aromatic heterocycles. The maximum Gasteiger partial charge on any atom is 0.297 e. The van der Waals surface area contributed by atoms with Crippen LogP contribution in [-0.4, -0.2) is 37.8 Å². The summed E-state index contributed by atoms with van der Waals surface area (Å²) in [4.78, 5) is 6.85. The van der Waals surface area contributed by atoms with Gasteiger partial charge in [0.05, 0.1) is 12.3 Å². The van der Waals surface area contributed by atoms with E-state index in [2.05, 4.69) is 29.0 Å². The van der Waals surface area contributed by atoms with Crippen LogP contribution in [0.25, 0.3) is 0 Å². The van der Waals surface area contributed by atoms with Crippen LogP contribution in [0.15, 0.2) is 10.7 Å². The molecule has 1 aliphatic rings. The van der Waals surface area contributed by atoms with Crippen LogP contribution < -0.4 is 10.2 Å². The van der Waals surface area contributed by atoms with E-state index in [9.17, 15) is 0 Å². The van der Waals surface area contributed by atoms with Crippen molar-refractivity contribution in [3.63, 3.8) is 0 Å². The molecule has 0 aromatic carbocycles. The highest BCUT2D eigenvalue weighted by Gasteiger charge is 2.33. The maximum absolute atomic E-state index is 5.67. The highest BCUT2D eigenvalue weighted by Crippen LogP contribution is 2.36. The van der Waals surface area contributed by atoms with Gasteiger partial charge in [-0.15, -0.1) is 0 Å². The van der Waals surface area contributed by atoms with Gasteiger partial charge in [0, 0.05) is 26.2 Å². The smallest absolute Gasteiger partial charge is 0.297 e. The molecule has 1 heterocycles. The van der Waals surface area contributed by atoms with Gasteiger partial charge in [0.1, 0.15) is 6.26 Å². The minimum absolute atomic E-state index is 0.472. The third kappa shape index (κ3) is 4.21. The van der Waals surface area contributed by atoms with Crippen molar-refractivity contribution in [2.45, 2.75) is 45.7 Å². The van der Waals surface area contributed by atoms with Gasteiger partial charge in [-0.25, -0.2) is 0 Å². The Bertz CT molecular complexity index is 390. The number of anilines is 1. The van der Waals surface area contributed by atoms with Gasteiger partial charge >= 0.3 is 0 Å². The Labute approximate surface area is 121 Å². The van der Waals surface area contributed by atoms with Crippen LogP contribution in [0.3, 0.4) is 0 Å². The highest BCUT2D eigenvalue weighted by atomic mass is 16.5. The second-order valence-corrected chi connectivity index (χ2v) is 5.56. The molecule has 20 heavy (non-hydrogen) atoms. The van der Waals surface area contributed by atoms with Crippen LogP contribution in [0.4, 0.5) is 6.01 Å². The van der Waals surface area contributed by atoms with Gasteiger partial charge in [-0.05, 0) is 38.6 Å². The van der Waals surface area contributed by atoms with E-state index in [1.54, 1.807) is 13.4 Å². The van der Waals surface area contributed by atoms with E-state index in [1.165, 1.54) is 12.8 Å². The maximum atomic E-state index is 5.67. The molecule has 1 unspecified atom stereocenters. The van der Waals surface area contributed by atoms with Gasteiger partial charge in [-0.3, -0.25) is 0 Å². The van der Waals surface area contributed by atoms with Gasteiger partial charge in [0.2, 0.25) is 0 Å². The highest BCUT2D eigenvalue weighted by molar-refractivity contribution is 5.30. The normalized spacial score (nSPS) is 16.4. The third-order valence-electron chi connectivity index (χ3n) is 3.85. The Morgan fingerprint density at radius 3 is 3.00 bits per heavy atom. The Kier molecular flexibility index (Phi) is 5.86. The molecule has 1 fully saturated rings. The summed E-state index contributed by atoms with van der Waals surface area (Å²) in [6.45, 7) is 7.72. The van der Waals surface area contributed by atoms with E-state index in [4.69, 9.17) is 9.15 Å². The van der Waals surface area contributed by atoms with Crippen molar-refractivity contribution in [3.8, 4) is 0 Å². The lowest BCUT2D eigenvalue weighted by molar-refractivity contribution is 0.201. The summed E-state index contributed by atoms with van der Waals surface area (Å²) in [5, 5.41) is 3.35. The first-order valence-electron chi connectivity index (χ1n) is 7.67. The molecule has 0 saturated heterocycles. The van der Waals surface area contributed by atoms with Crippen molar-refractivity contribution in [2.75, 3.05) is 31.7 Å². The molecular formula is C15H27N3O2. The van der Waals surface area contributed by atoms with E-state index >= 15 is 0 Å². The summed E-state index contributed by atoms with van der Waals surface area (Å²) in [6.07, 6.45) is 5.52. The van der Waals surface area contributed by atoms with E-state index in [0.29, 0.717) is 12.6 Å². The Balaban J connectivity index is 1.96. The Morgan fingerprint density at radius 2 is 2.35 bits per heavy atom. The SMILES string of the molecule is CCCNCc1coc(N(CCOC)C(C)C2CC2)n1. The fourth-order valence-corrected chi connectivity index (χ4v) is 2.40. The van der Waals surface area contributed by atoms with Crippen molar-refractivity contribution in [1.82, 2.24) is 10.3 Å². The second-order valence-electron chi connectivity index (χ2n) is 5.56. The monoisotopic (exact) mass is 281 g/mol. The molecule has 0 spiro atoms. The summed E-state index contributed by atoms with van der Waals surface area (Å²) in [7, 11) is 1.73. The zero-order valence-corrected chi connectivity index (χ0v) is 12.9. The lowest BCUT2D eigenvalue weighted by Crippen LogP contribution is -2.37. The van der Waals surface area contributed by atoms with Crippen molar-refractivity contribution < 1.29 is 9.15 Å². The van der Waals surface area contributed by atoms with Crippen LogP contribution in [0.1, 0.15) is 38.8 Å². The Morgan fingerprint density at radius 1 is 1.55 bits per heavy atom. The van der Waals surface area contributed by atoms with Crippen molar-refractivity contribution in [3.05, 3.63) is 12.0 Å². The van der Waals surface area contributed by atoms with E-state index in [1.807, 2.05) is 0 Å². The number of aromatic nitrogens is 1. The van der Waals surface area contributed by atoms with Crippen LogP contribution in [0, 0.1) is 5.92 Å². The van der Waals surface area contributed by atoms with Crippen molar-refractivity contribution in [1.29, 1.82) is 0 Å². The molecule has 5 nitrogen and oxygen atoms in total. The average molecular weight is 281 g/mol. The van der Waals surface area contributed by atoms with Crippen molar-refractivity contribution in [2.24, 2.45) is 5.92 Å². The number of nitrogens with one attached hydrogen (secondary N) is 1. The Hall–Kier alpha value is -1.07. The topological polar surface area (TPSA) is 50.5 Å². The van der Waals surface area contributed by atoms with Gasteiger partial charge < -0.3 is 19.4 Å². The molecule has 0 amide bonds. The van der Waals surface area contributed by atoms with Gasteiger partial charge in [0.15, 0.2) is 0 Å². The lowest BCUT2D eigenvalue weighted by Gasteiger charge is -2.27. The molecule has 5 heteroatoms. The molecule has 1 N–H and O–H groups in total. The standard InChI is InChI=1S/C15H27N3O2/c1-4-7-16-10-14-11-20-15(17-14)18(8-9-19-3)12(2)13-5-6-13/h11-13,16H,4-10H2,1-3H3. The van der Waals surface area contributed by atoms with Gasteiger partial charge in [-0.2, -0.15) is 4.98 Å². The largest absolute Gasteiger partial charge is 0.432 e. The number of ether oxygens (including phenoxy) is 1. The third-order valence-corrected chi connectivity index (χ3v) is 3.85. The minimum Gasteiger partial charge on any atom is -0.432 e. The number of oxazole rings is 1. The number of methoxy groups -OCH3 is 1. The van der Waals surface area contributed by atoms with E-state index in [-0.39, 0.29) is 0 Å². The first-order chi connectivity index (χ1) is 9.76. The molecule has 114 valence electrons. The predicted octanol–water partition coefficient (Wildman–Crippen LogP) is 2.43. The number of nitrogens with zero attached hydrogens (tertiary/aromatic N) is 2. The fourth-order valence-electron chi connectivity index (χ4n) is 2.40. The van der Waals surface area contributed by atoms with Crippen LogP contribution in [0.2, 0.25) is 0 Å². The molecule has 0 bridgehead atoms. The summed E-state index contributed by atoms with van der Waals surface area (Å²) >= 11 is 0. The van der Waals surface area contributed by atoms with Gasteiger partial charge in [-0.1, -0.05) is 6.92 Å². The molecule has 0 radical (unpaired) electrons. The number of rotatable bonds is 10. The molecule has 1 aromatic rings. The summed E-state index contributed by atoms with van der Waals surface area (Å²) < 4.78 is 10.9. The van der Waals surface area contributed by atoms with Crippen LogP contribution in [0.5, 0.6) is 0 Å². The zero-order valence-electron chi connectivity index (χ0n) is 12.9. The summed E-state index contributed by atoms with van der Waals surface area (Å²) in [5.41, 5.74) is 0.971. The second kappa shape index (κ2) is 7.64. The zero-order chi connectivity index (χ0) is 14.4. The predicted molar refractivity (Wildman–Crippen MR) is 79.9 cm³/mol. The first kappa shape index (κ1) is 15.3. The summed E-state index contributed by atoms with van der Waals surface area (Å²) in [5.74, 6) is 0.778. The quantitative estimate of drug-likeness (QED) is 0.668. The summed E-state index contributed by atoms with van der Waals surface area (Å²) in [6, 6.07) is 1.20. The van der Waals surface area contributed by atoms with Crippen LogP contribution >= 0.6 is 0 Å². The van der Waals surface area contributed by atoms with E-state index in [0.717, 1.165) is 43.7 Å². The molecule has 1 atom stereocenters. The molecular weight excluding hydrogens is 254 g/mol. The first-order valence-corrected chi connectivity index (χ1v) is 7.67. The molecule has 1 aliphatic carbocycles. The van der Waals surface area contributed by atoms with Crippen molar-refractivity contribution >= 4 is 6.01 Å². The van der Waals surface area contributed by atoms with Crippen LogP contribution in [-0.2, 0) is 11.3 Å². The molecule has 2 rings (SSSR count). The average Bonchev–Trinajstić information content (AvgIpc) is 3.20.